The Morgan fingerprint density at radius 1 is 1.41 bits per heavy atom. The average molecular weight is 234 g/mol. The van der Waals surface area contributed by atoms with Crippen LogP contribution in [0.1, 0.15) is 23.7 Å². The molecule has 0 aliphatic rings. The van der Waals surface area contributed by atoms with Gasteiger partial charge in [0.2, 0.25) is 0 Å². The number of carboxylic acids is 1. The molecule has 0 aromatic heterocycles. The summed E-state index contributed by atoms with van der Waals surface area (Å²) >= 11 is 0. The van der Waals surface area contributed by atoms with Gasteiger partial charge in [-0.1, -0.05) is 6.92 Å². The molecule has 1 aromatic rings. The second kappa shape index (κ2) is 5.53. The van der Waals surface area contributed by atoms with Gasteiger partial charge < -0.3 is 5.11 Å². The third kappa shape index (κ3) is 2.96. The van der Waals surface area contributed by atoms with E-state index in [-0.39, 0.29) is 17.9 Å². The van der Waals surface area contributed by atoms with E-state index in [4.69, 9.17) is 10.6 Å². The van der Waals surface area contributed by atoms with Gasteiger partial charge in [-0.2, -0.15) is 4.91 Å². The van der Waals surface area contributed by atoms with Gasteiger partial charge in [-0.25, -0.2) is 9.59 Å². The quantitative estimate of drug-likeness (QED) is 0.374. The van der Waals surface area contributed by atoms with Crippen molar-refractivity contribution in [2.24, 2.45) is 5.22 Å². The van der Waals surface area contributed by atoms with Crippen molar-refractivity contribution in [3.63, 3.8) is 0 Å². The van der Waals surface area contributed by atoms with Crippen molar-refractivity contribution in [2.75, 3.05) is 5.01 Å². The lowest BCUT2D eigenvalue weighted by atomic mass is 10.2. The summed E-state index contributed by atoms with van der Waals surface area (Å²) in [5.74, 6) is -1.43. The Balaban J connectivity index is 3.07. The number of carbonyl (C=O) groups is 2. The van der Waals surface area contributed by atoms with Crippen molar-refractivity contribution in [1.29, 1.82) is 0 Å². The van der Waals surface area contributed by atoms with Gasteiger partial charge in [0, 0.05) is 6.42 Å². The molecule has 0 bridgehead atoms. The first-order valence-electron chi connectivity index (χ1n) is 4.81. The number of aromatic carboxylic acids is 1. The molecule has 0 unspecified atom stereocenters. The molecule has 0 aliphatic heterocycles. The van der Waals surface area contributed by atoms with Crippen molar-refractivity contribution < 1.29 is 14.7 Å². The summed E-state index contributed by atoms with van der Waals surface area (Å²) in [4.78, 5) is 24.7. The van der Waals surface area contributed by atoms with Crippen LogP contribution in [0, 0.1) is 0 Å². The summed E-state index contributed by atoms with van der Waals surface area (Å²) < 4.78 is 0. The highest BCUT2D eigenvalue weighted by molar-refractivity contribution is 5.93. The molecule has 0 saturated heterocycles. The molecular weight excluding hydrogens is 224 g/mol. The standard InChI is InChI=1S/C10H10N4O3/c1-2-9(15)14(13-12-11)8-5-3-7(4-6-8)10(16)17/h3-6H,2H2,1H3,(H,16,17). The smallest absolute Gasteiger partial charge is 0.335 e. The van der Waals surface area contributed by atoms with E-state index in [9.17, 15) is 9.59 Å². The molecule has 0 saturated carbocycles. The average Bonchev–Trinajstić information content (AvgIpc) is 2.35. The second-order valence-corrected chi connectivity index (χ2v) is 3.09. The fraction of sp³-hybridized carbons (Fsp3) is 0.200. The van der Waals surface area contributed by atoms with Gasteiger partial charge in [0.15, 0.2) is 0 Å². The Morgan fingerprint density at radius 2 is 2.00 bits per heavy atom. The highest BCUT2D eigenvalue weighted by Crippen LogP contribution is 2.17. The third-order valence-electron chi connectivity index (χ3n) is 2.03. The van der Waals surface area contributed by atoms with Crippen LogP contribution >= 0.6 is 0 Å². The minimum absolute atomic E-state index is 0.0959. The number of amides is 1. The van der Waals surface area contributed by atoms with E-state index in [1.54, 1.807) is 6.92 Å². The Kier molecular flexibility index (Phi) is 4.08. The number of hydrogen-bond acceptors (Lipinski definition) is 3. The van der Waals surface area contributed by atoms with Crippen LogP contribution in [0.5, 0.6) is 0 Å². The lowest BCUT2D eigenvalue weighted by molar-refractivity contribution is -0.118. The number of hydrogen-bond donors (Lipinski definition) is 1. The number of azide groups is 1. The first kappa shape index (κ1) is 12.5. The van der Waals surface area contributed by atoms with E-state index >= 15 is 0 Å². The molecule has 17 heavy (non-hydrogen) atoms. The van der Waals surface area contributed by atoms with Crippen LogP contribution in [0.4, 0.5) is 5.69 Å². The van der Waals surface area contributed by atoms with Crippen LogP contribution in [0.25, 0.3) is 10.4 Å². The molecule has 1 aromatic carbocycles. The molecule has 0 atom stereocenters. The van der Waals surface area contributed by atoms with Crippen LogP contribution in [0.15, 0.2) is 29.5 Å². The zero-order chi connectivity index (χ0) is 12.8. The predicted molar refractivity (Wildman–Crippen MR) is 60.3 cm³/mol. The monoisotopic (exact) mass is 234 g/mol. The summed E-state index contributed by atoms with van der Waals surface area (Å²) in [5.41, 5.74) is 8.78. The van der Waals surface area contributed by atoms with E-state index in [0.717, 1.165) is 5.01 Å². The van der Waals surface area contributed by atoms with Crippen LogP contribution < -0.4 is 5.01 Å². The fourth-order valence-electron chi connectivity index (χ4n) is 1.18. The van der Waals surface area contributed by atoms with Gasteiger partial charge in [0.05, 0.1) is 5.56 Å². The summed E-state index contributed by atoms with van der Waals surface area (Å²) in [6.07, 6.45) is 0.180. The van der Waals surface area contributed by atoms with Crippen molar-refractivity contribution in [2.45, 2.75) is 13.3 Å². The van der Waals surface area contributed by atoms with Crippen molar-refractivity contribution in [1.82, 2.24) is 0 Å². The number of carbonyl (C=O) groups excluding carboxylic acids is 1. The lowest BCUT2D eigenvalue weighted by Crippen LogP contribution is -2.23. The fourth-order valence-corrected chi connectivity index (χ4v) is 1.18. The van der Waals surface area contributed by atoms with Gasteiger partial charge in [-0.3, -0.25) is 0 Å². The number of rotatable bonds is 4. The molecule has 88 valence electrons. The van der Waals surface area contributed by atoms with Gasteiger partial charge in [-0.15, -0.1) is 10.5 Å². The van der Waals surface area contributed by atoms with E-state index in [2.05, 4.69) is 10.1 Å². The highest BCUT2D eigenvalue weighted by atomic mass is 16.4. The molecule has 7 heteroatoms. The van der Waals surface area contributed by atoms with Gasteiger partial charge in [-0.05, 0) is 29.5 Å². The van der Waals surface area contributed by atoms with E-state index < -0.39 is 5.97 Å². The summed E-state index contributed by atoms with van der Waals surface area (Å²) in [7, 11) is 0. The maximum Gasteiger partial charge on any atom is 0.335 e. The topological polar surface area (TPSA) is 106 Å². The van der Waals surface area contributed by atoms with Crippen LogP contribution in [0.3, 0.4) is 0 Å². The number of carboxylic acid groups (broad SMARTS) is 1. The van der Waals surface area contributed by atoms with Crippen LogP contribution in [-0.4, -0.2) is 17.0 Å². The molecule has 0 radical (unpaired) electrons. The first-order valence-corrected chi connectivity index (χ1v) is 4.81. The maximum absolute atomic E-state index is 11.5. The number of benzene rings is 1. The largest absolute Gasteiger partial charge is 0.478 e. The Labute approximate surface area is 96.9 Å². The Bertz CT molecular complexity index is 477. The minimum Gasteiger partial charge on any atom is -0.478 e. The highest BCUT2D eigenvalue weighted by Gasteiger charge is 2.17. The lowest BCUT2D eigenvalue weighted by Gasteiger charge is -2.09. The van der Waals surface area contributed by atoms with Gasteiger partial charge in [0.1, 0.15) is 5.69 Å². The molecule has 1 amide bonds. The molecular formula is C10H10N4O3. The van der Waals surface area contributed by atoms with Crippen LogP contribution in [-0.2, 0) is 4.79 Å². The molecule has 0 heterocycles. The van der Waals surface area contributed by atoms with E-state index in [1.165, 1.54) is 24.3 Å². The summed E-state index contributed by atoms with van der Waals surface area (Å²) in [5, 5.41) is 12.9. The number of anilines is 1. The predicted octanol–water partition coefficient (Wildman–Crippen LogP) is 2.35. The van der Waals surface area contributed by atoms with Gasteiger partial charge >= 0.3 is 11.9 Å². The van der Waals surface area contributed by atoms with Crippen molar-refractivity contribution >= 4 is 17.6 Å². The molecule has 7 nitrogen and oxygen atoms in total. The molecule has 1 N–H and O–H groups in total. The minimum atomic E-state index is -1.06. The Morgan fingerprint density at radius 3 is 2.41 bits per heavy atom. The van der Waals surface area contributed by atoms with E-state index in [1.807, 2.05) is 0 Å². The van der Waals surface area contributed by atoms with Crippen molar-refractivity contribution in [3.05, 3.63) is 40.3 Å². The zero-order valence-corrected chi connectivity index (χ0v) is 9.07. The normalized spacial score (nSPS) is 9.24. The molecule has 0 fully saturated rings. The third-order valence-corrected chi connectivity index (χ3v) is 2.03. The summed E-state index contributed by atoms with van der Waals surface area (Å²) in [6.45, 7) is 1.63. The summed E-state index contributed by atoms with van der Waals surface area (Å²) in [6, 6.07) is 5.48. The first-order chi connectivity index (χ1) is 8.10. The van der Waals surface area contributed by atoms with Crippen LogP contribution in [0.2, 0.25) is 0 Å². The number of nitrogens with zero attached hydrogens (tertiary/aromatic N) is 4. The maximum atomic E-state index is 11.5. The SMILES string of the molecule is CCC(=O)N(N=[N+]=[N-])c1ccc(C(=O)O)cc1. The molecule has 0 spiro atoms. The zero-order valence-electron chi connectivity index (χ0n) is 9.07. The second-order valence-electron chi connectivity index (χ2n) is 3.09. The Hall–Kier alpha value is -2.53. The van der Waals surface area contributed by atoms with Gasteiger partial charge in [0.25, 0.3) is 0 Å². The van der Waals surface area contributed by atoms with Crippen molar-refractivity contribution in [3.8, 4) is 0 Å². The molecule has 1 rings (SSSR count). The van der Waals surface area contributed by atoms with E-state index in [0.29, 0.717) is 5.69 Å². The molecule has 0 aliphatic carbocycles.